The molecule has 1 aliphatic heterocycles. The Kier molecular flexibility index (Phi) is 4.47. The average molecular weight is 338 g/mol. The molecule has 130 valence electrons. The molecule has 1 aliphatic rings. The van der Waals surface area contributed by atoms with Crippen LogP contribution >= 0.6 is 0 Å². The Balaban J connectivity index is 1.29. The number of piperazine rings is 1. The fourth-order valence-electron chi connectivity index (χ4n) is 3.28. The topological polar surface area (TPSA) is 59.2 Å². The smallest absolute Gasteiger partial charge is 0.242 e. The number of rotatable bonds is 5. The number of carbonyl (C=O) groups is 1. The standard InChI is InChI=1S/C18H22N6O/c25-18(14-23-15-19-16-4-1-2-5-17(16)23)22-11-8-21(9-12-22)10-13-24-7-3-6-20-24/h1-7,15H,8-14H2. The third-order valence-corrected chi connectivity index (χ3v) is 4.76. The molecule has 0 radical (unpaired) electrons. The molecule has 0 unspecified atom stereocenters. The lowest BCUT2D eigenvalue weighted by Crippen LogP contribution is -2.50. The monoisotopic (exact) mass is 338 g/mol. The van der Waals surface area contributed by atoms with Gasteiger partial charge in [0.15, 0.2) is 0 Å². The number of aromatic nitrogens is 4. The zero-order valence-electron chi connectivity index (χ0n) is 14.2. The van der Waals surface area contributed by atoms with Crippen LogP contribution in [0.5, 0.6) is 0 Å². The zero-order chi connectivity index (χ0) is 17.1. The third-order valence-electron chi connectivity index (χ3n) is 4.76. The molecule has 3 heterocycles. The molecule has 2 aromatic heterocycles. The molecule has 0 N–H and O–H groups in total. The number of nitrogens with zero attached hydrogens (tertiary/aromatic N) is 6. The molecule has 1 saturated heterocycles. The zero-order valence-corrected chi connectivity index (χ0v) is 14.2. The van der Waals surface area contributed by atoms with E-state index in [1.54, 1.807) is 12.5 Å². The summed E-state index contributed by atoms with van der Waals surface area (Å²) in [5.74, 6) is 0.162. The van der Waals surface area contributed by atoms with E-state index >= 15 is 0 Å². The number of amides is 1. The first-order valence-corrected chi connectivity index (χ1v) is 8.67. The Hall–Kier alpha value is -2.67. The predicted octanol–water partition coefficient (Wildman–Crippen LogP) is 1.08. The molecule has 0 aliphatic carbocycles. The molecule has 3 aromatic rings. The van der Waals surface area contributed by atoms with Crippen LogP contribution in [0.25, 0.3) is 11.0 Å². The highest BCUT2D eigenvalue weighted by atomic mass is 16.2. The normalized spacial score (nSPS) is 15.8. The van der Waals surface area contributed by atoms with Crippen molar-refractivity contribution in [3.8, 4) is 0 Å². The van der Waals surface area contributed by atoms with Crippen molar-refractivity contribution in [1.82, 2.24) is 29.1 Å². The van der Waals surface area contributed by atoms with Gasteiger partial charge < -0.3 is 9.47 Å². The van der Waals surface area contributed by atoms with Crippen molar-refractivity contribution in [1.29, 1.82) is 0 Å². The van der Waals surface area contributed by atoms with Gasteiger partial charge >= 0.3 is 0 Å². The van der Waals surface area contributed by atoms with Crippen LogP contribution in [0.2, 0.25) is 0 Å². The third kappa shape index (κ3) is 3.56. The SMILES string of the molecule is O=C(Cn1cnc2ccccc21)N1CCN(CCn2cccn2)CC1. The van der Waals surface area contributed by atoms with Crippen LogP contribution in [0.4, 0.5) is 0 Å². The number of fused-ring (bicyclic) bond motifs is 1. The minimum absolute atomic E-state index is 0.162. The highest BCUT2D eigenvalue weighted by Gasteiger charge is 2.21. The van der Waals surface area contributed by atoms with E-state index in [9.17, 15) is 4.79 Å². The van der Waals surface area contributed by atoms with Gasteiger partial charge in [-0.25, -0.2) is 4.98 Å². The lowest BCUT2D eigenvalue weighted by atomic mass is 10.3. The second-order valence-corrected chi connectivity index (χ2v) is 6.35. The summed E-state index contributed by atoms with van der Waals surface area (Å²) in [6.45, 7) is 5.61. The molecular weight excluding hydrogens is 316 g/mol. The summed E-state index contributed by atoms with van der Waals surface area (Å²) < 4.78 is 3.88. The molecule has 7 heteroatoms. The highest BCUT2D eigenvalue weighted by Crippen LogP contribution is 2.12. The van der Waals surface area contributed by atoms with E-state index in [0.29, 0.717) is 6.54 Å². The Morgan fingerprint density at radius 2 is 1.88 bits per heavy atom. The van der Waals surface area contributed by atoms with Gasteiger partial charge in [-0.15, -0.1) is 0 Å². The van der Waals surface area contributed by atoms with Crippen LogP contribution in [0.15, 0.2) is 49.1 Å². The number of carbonyl (C=O) groups excluding carboxylic acids is 1. The second-order valence-electron chi connectivity index (χ2n) is 6.35. The van der Waals surface area contributed by atoms with Crippen molar-refractivity contribution in [2.75, 3.05) is 32.7 Å². The van der Waals surface area contributed by atoms with Crippen LogP contribution in [0.3, 0.4) is 0 Å². The average Bonchev–Trinajstić information content (AvgIpc) is 3.31. The van der Waals surface area contributed by atoms with Crippen LogP contribution < -0.4 is 0 Å². The summed E-state index contributed by atoms with van der Waals surface area (Å²) >= 11 is 0. The fourth-order valence-corrected chi connectivity index (χ4v) is 3.28. The van der Waals surface area contributed by atoms with E-state index in [0.717, 1.165) is 50.3 Å². The summed E-state index contributed by atoms with van der Waals surface area (Å²) in [6.07, 6.45) is 5.54. The van der Waals surface area contributed by atoms with Crippen LogP contribution in [-0.4, -0.2) is 67.8 Å². The first-order chi connectivity index (χ1) is 12.3. The molecule has 0 spiro atoms. The summed E-state index contributed by atoms with van der Waals surface area (Å²) in [7, 11) is 0. The van der Waals surface area contributed by atoms with Crippen molar-refractivity contribution in [3.63, 3.8) is 0 Å². The maximum Gasteiger partial charge on any atom is 0.242 e. The van der Waals surface area contributed by atoms with E-state index in [1.165, 1.54) is 0 Å². The van der Waals surface area contributed by atoms with Crippen LogP contribution in [-0.2, 0) is 17.9 Å². The first kappa shape index (κ1) is 15.8. The van der Waals surface area contributed by atoms with E-state index in [1.807, 2.05) is 50.7 Å². The number of hydrogen-bond acceptors (Lipinski definition) is 4. The summed E-state index contributed by atoms with van der Waals surface area (Å²) in [5.41, 5.74) is 1.94. The van der Waals surface area contributed by atoms with Crippen molar-refractivity contribution >= 4 is 16.9 Å². The maximum absolute atomic E-state index is 12.6. The number of hydrogen-bond donors (Lipinski definition) is 0. The van der Waals surface area contributed by atoms with Gasteiger partial charge in [0.1, 0.15) is 6.54 Å². The Morgan fingerprint density at radius 3 is 2.68 bits per heavy atom. The van der Waals surface area contributed by atoms with Crippen molar-refractivity contribution in [2.24, 2.45) is 0 Å². The predicted molar refractivity (Wildman–Crippen MR) is 95.0 cm³/mol. The molecule has 25 heavy (non-hydrogen) atoms. The molecule has 4 rings (SSSR count). The lowest BCUT2D eigenvalue weighted by molar-refractivity contribution is -0.133. The molecule has 1 fully saturated rings. The van der Waals surface area contributed by atoms with E-state index in [4.69, 9.17) is 0 Å². The molecule has 1 amide bonds. The first-order valence-electron chi connectivity index (χ1n) is 8.67. The minimum atomic E-state index is 0.162. The van der Waals surface area contributed by atoms with Gasteiger partial charge in [-0.3, -0.25) is 14.4 Å². The fraction of sp³-hybridized carbons (Fsp3) is 0.389. The van der Waals surface area contributed by atoms with Gasteiger partial charge in [0.05, 0.1) is 23.9 Å². The molecule has 0 saturated carbocycles. The minimum Gasteiger partial charge on any atom is -0.339 e. The van der Waals surface area contributed by atoms with E-state index in [-0.39, 0.29) is 5.91 Å². The van der Waals surface area contributed by atoms with Gasteiger partial charge in [-0.2, -0.15) is 5.10 Å². The van der Waals surface area contributed by atoms with Gasteiger partial charge in [0.25, 0.3) is 0 Å². The number of para-hydroxylation sites is 2. The molecular formula is C18H22N6O. The van der Waals surface area contributed by atoms with Gasteiger partial charge in [-0.05, 0) is 18.2 Å². The van der Waals surface area contributed by atoms with Gasteiger partial charge in [0.2, 0.25) is 5.91 Å². The van der Waals surface area contributed by atoms with Gasteiger partial charge in [-0.1, -0.05) is 12.1 Å². The molecule has 7 nitrogen and oxygen atoms in total. The highest BCUT2D eigenvalue weighted by molar-refractivity contribution is 5.80. The molecule has 0 atom stereocenters. The van der Waals surface area contributed by atoms with Crippen molar-refractivity contribution in [2.45, 2.75) is 13.1 Å². The molecule has 1 aromatic carbocycles. The molecule has 0 bridgehead atoms. The Labute approximate surface area is 146 Å². The Bertz CT molecular complexity index is 832. The lowest BCUT2D eigenvalue weighted by Gasteiger charge is -2.34. The number of imidazole rings is 1. The quantitative estimate of drug-likeness (QED) is 0.698. The van der Waals surface area contributed by atoms with Crippen molar-refractivity contribution in [3.05, 3.63) is 49.1 Å². The maximum atomic E-state index is 12.6. The van der Waals surface area contributed by atoms with Gasteiger partial charge in [0, 0.05) is 45.1 Å². The van der Waals surface area contributed by atoms with Crippen molar-refractivity contribution < 1.29 is 4.79 Å². The summed E-state index contributed by atoms with van der Waals surface area (Å²) in [6, 6.07) is 9.85. The largest absolute Gasteiger partial charge is 0.339 e. The van der Waals surface area contributed by atoms with E-state index in [2.05, 4.69) is 15.0 Å². The second kappa shape index (κ2) is 7.06. The van der Waals surface area contributed by atoms with Crippen LogP contribution in [0.1, 0.15) is 0 Å². The summed E-state index contributed by atoms with van der Waals surface area (Å²) in [5, 5.41) is 4.23. The van der Waals surface area contributed by atoms with Crippen LogP contribution in [0, 0.1) is 0 Å². The van der Waals surface area contributed by atoms with E-state index < -0.39 is 0 Å². The Morgan fingerprint density at radius 1 is 1.04 bits per heavy atom. The summed E-state index contributed by atoms with van der Waals surface area (Å²) in [4.78, 5) is 21.3. The number of benzene rings is 1.